The third kappa shape index (κ3) is 4.62. The van der Waals surface area contributed by atoms with E-state index in [-0.39, 0.29) is 34.4 Å². The quantitative estimate of drug-likeness (QED) is 0.295. The summed E-state index contributed by atoms with van der Waals surface area (Å²) in [6.45, 7) is 1.61. The SMILES string of the molecule is COc1nc2ccccc2c(Oc2ccc(NC(=O)c3c(C)n(C)n(-c4ccc(F)cc4)c3=O)cc2F)c1OC. The molecule has 0 fully saturated rings. The van der Waals surface area contributed by atoms with Gasteiger partial charge in [-0.05, 0) is 55.5 Å². The van der Waals surface area contributed by atoms with Crippen LogP contribution >= 0.6 is 0 Å². The highest BCUT2D eigenvalue weighted by Gasteiger charge is 2.24. The third-order valence-corrected chi connectivity index (χ3v) is 6.42. The van der Waals surface area contributed by atoms with E-state index in [9.17, 15) is 14.0 Å². The van der Waals surface area contributed by atoms with Gasteiger partial charge in [-0.25, -0.2) is 18.4 Å². The van der Waals surface area contributed by atoms with Gasteiger partial charge in [0.05, 0.1) is 31.1 Å². The molecule has 0 saturated carbocycles. The molecular weight excluding hydrogens is 522 g/mol. The standard InChI is InChI=1S/C29H24F2N4O5/c1-16-24(29(37)35(34(16)2)19-12-9-17(30)10-13-19)27(36)32-18-11-14-23(21(31)15-18)40-25-20-7-5-6-8-22(20)33-28(39-4)26(25)38-3/h5-15H,1-4H3,(H,32,36). The molecule has 0 aliphatic carbocycles. The summed E-state index contributed by atoms with van der Waals surface area (Å²) in [7, 11) is 4.46. The van der Waals surface area contributed by atoms with Crippen molar-refractivity contribution in [2.75, 3.05) is 19.5 Å². The molecule has 1 N–H and O–H groups in total. The average molecular weight is 547 g/mol. The lowest BCUT2D eigenvalue weighted by molar-refractivity contribution is 0.102. The van der Waals surface area contributed by atoms with E-state index in [1.807, 2.05) is 0 Å². The summed E-state index contributed by atoms with van der Waals surface area (Å²) in [5.41, 5.74) is 0.693. The van der Waals surface area contributed by atoms with Crippen LogP contribution in [0.25, 0.3) is 16.6 Å². The van der Waals surface area contributed by atoms with Crippen molar-refractivity contribution in [1.82, 2.24) is 14.3 Å². The van der Waals surface area contributed by atoms with Gasteiger partial charge in [-0.3, -0.25) is 14.3 Å². The van der Waals surface area contributed by atoms with Gasteiger partial charge < -0.3 is 19.5 Å². The summed E-state index contributed by atoms with van der Waals surface area (Å²) in [5.74, 6) is -1.51. The fraction of sp³-hybridized carbons (Fsp3) is 0.138. The van der Waals surface area contributed by atoms with Gasteiger partial charge in [-0.1, -0.05) is 12.1 Å². The van der Waals surface area contributed by atoms with Crippen LogP contribution < -0.4 is 25.1 Å². The minimum absolute atomic E-state index is 0.106. The molecule has 0 radical (unpaired) electrons. The lowest BCUT2D eigenvalue weighted by atomic mass is 10.2. The van der Waals surface area contributed by atoms with Gasteiger partial charge >= 0.3 is 0 Å². The first-order chi connectivity index (χ1) is 19.2. The number of carbonyl (C=O) groups is 1. The monoisotopic (exact) mass is 546 g/mol. The summed E-state index contributed by atoms with van der Waals surface area (Å²) >= 11 is 0. The Morgan fingerprint density at radius 1 is 0.950 bits per heavy atom. The van der Waals surface area contributed by atoms with E-state index >= 15 is 4.39 Å². The Morgan fingerprint density at radius 3 is 2.35 bits per heavy atom. The van der Waals surface area contributed by atoms with Crippen molar-refractivity contribution in [3.05, 3.63) is 100.0 Å². The Kier molecular flexibility index (Phi) is 6.95. The zero-order valence-corrected chi connectivity index (χ0v) is 22.0. The smallest absolute Gasteiger partial charge is 0.284 e. The largest absolute Gasteiger partial charge is 0.489 e. The van der Waals surface area contributed by atoms with Crippen LogP contribution in [-0.2, 0) is 7.05 Å². The number of ether oxygens (including phenoxy) is 3. The molecular formula is C29H24F2N4O5. The van der Waals surface area contributed by atoms with Crippen molar-refractivity contribution in [2.24, 2.45) is 7.05 Å². The Labute approximate surface area is 227 Å². The minimum Gasteiger partial charge on any atom is -0.489 e. The Hall–Kier alpha value is -5.19. The van der Waals surface area contributed by atoms with Gasteiger partial charge in [0.2, 0.25) is 5.75 Å². The number of amides is 1. The fourth-order valence-electron chi connectivity index (χ4n) is 4.37. The number of carbonyl (C=O) groups excluding carboxylic acids is 1. The highest BCUT2D eigenvalue weighted by Crippen LogP contribution is 2.44. The number of hydrogen-bond donors (Lipinski definition) is 1. The minimum atomic E-state index is -0.770. The number of nitrogens with one attached hydrogen (secondary N) is 1. The molecule has 0 saturated heterocycles. The van der Waals surface area contributed by atoms with Crippen molar-refractivity contribution in [2.45, 2.75) is 6.92 Å². The molecule has 2 heterocycles. The number of fused-ring (bicyclic) bond motifs is 1. The molecule has 0 aliphatic rings. The van der Waals surface area contributed by atoms with Crippen LogP contribution in [0.3, 0.4) is 0 Å². The topological polar surface area (TPSA) is 96.6 Å². The number of halogens is 2. The molecule has 3 aromatic carbocycles. The molecule has 0 spiro atoms. The predicted molar refractivity (Wildman–Crippen MR) is 145 cm³/mol. The van der Waals surface area contributed by atoms with E-state index in [1.165, 1.54) is 60.0 Å². The Morgan fingerprint density at radius 2 is 1.68 bits per heavy atom. The maximum absolute atomic E-state index is 15.2. The average Bonchev–Trinajstić information content (AvgIpc) is 3.17. The lowest BCUT2D eigenvalue weighted by Gasteiger charge is -2.16. The number of pyridine rings is 1. The number of para-hydroxylation sites is 1. The molecule has 9 nitrogen and oxygen atoms in total. The molecule has 0 unspecified atom stereocenters. The molecule has 11 heteroatoms. The number of aromatic nitrogens is 3. The van der Waals surface area contributed by atoms with Crippen molar-refractivity contribution in [3.63, 3.8) is 0 Å². The van der Waals surface area contributed by atoms with Crippen LogP contribution in [0.5, 0.6) is 23.1 Å². The van der Waals surface area contributed by atoms with Gasteiger partial charge in [0.15, 0.2) is 17.3 Å². The highest BCUT2D eigenvalue weighted by molar-refractivity contribution is 6.05. The van der Waals surface area contributed by atoms with E-state index in [2.05, 4.69) is 10.3 Å². The van der Waals surface area contributed by atoms with Gasteiger partial charge in [0.1, 0.15) is 11.4 Å². The molecule has 1 amide bonds. The van der Waals surface area contributed by atoms with E-state index in [0.717, 1.165) is 6.07 Å². The number of nitrogens with zero attached hydrogens (tertiary/aromatic N) is 3. The summed E-state index contributed by atoms with van der Waals surface area (Å²) in [6.07, 6.45) is 0. The number of hydrogen-bond acceptors (Lipinski definition) is 6. The summed E-state index contributed by atoms with van der Waals surface area (Å²) < 4.78 is 48.0. The molecule has 40 heavy (non-hydrogen) atoms. The maximum Gasteiger partial charge on any atom is 0.284 e. The normalized spacial score (nSPS) is 10.9. The second kappa shape index (κ2) is 10.5. The van der Waals surface area contributed by atoms with Crippen LogP contribution in [0.4, 0.5) is 14.5 Å². The van der Waals surface area contributed by atoms with Crippen molar-refractivity contribution < 1.29 is 27.8 Å². The van der Waals surface area contributed by atoms with Crippen LogP contribution in [0.15, 0.2) is 71.5 Å². The molecule has 0 bridgehead atoms. The maximum atomic E-state index is 15.2. The number of rotatable bonds is 7. The first-order valence-corrected chi connectivity index (χ1v) is 12.1. The fourth-order valence-corrected chi connectivity index (χ4v) is 4.37. The number of benzene rings is 3. The molecule has 0 aliphatic heterocycles. The van der Waals surface area contributed by atoms with Crippen molar-refractivity contribution in [1.29, 1.82) is 0 Å². The summed E-state index contributed by atoms with van der Waals surface area (Å²) in [6, 6.07) is 16.3. The van der Waals surface area contributed by atoms with E-state index < -0.39 is 23.1 Å². The van der Waals surface area contributed by atoms with Crippen LogP contribution in [0.2, 0.25) is 0 Å². The van der Waals surface area contributed by atoms with Crippen LogP contribution in [-0.4, -0.2) is 34.5 Å². The summed E-state index contributed by atoms with van der Waals surface area (Å²) in [5, 5.41) is 3.15. The summed E-state index contributed by atoms with van der Waals surface area (Å²) in [4.78, 5) is 30.6. The van der Waals surface area contributed by atoms with E-state index in [1.54, 1.807) is 38.2 Å². The number of anilines is 1. The molecule has 204 valence electrons. The zero-order chi connectivity index (χ0) is 28.6. The molecule has 5 rings (SSSR count). The first kappa shape index (κ1) is 26.4. The zero-order valence-electron chi connectivity index (χ0n) is 22.0. The first-order valence-electron chi connectivity index (χ1n) is 12.1. The van der Waals surface area contributed by atoms with E-state index in [4.69, 9.17) is 14.2 Å². The van der Waals surface area contributed by atoms with Crippen LogP contribution in [0.1, 0.15) is 16.1 Å². The van der Waals surface area contributed by atoms with Gasteiger partial charge in [-0.15, -0.1) is 0 Å². The van der Waals surface area contributed by atoms with Gasteiger partial charge in [0, 0.05) is 24.2 Å². The van der Waals surface area contributed by atoms with Crippen LogP contribution in [0, 0.1) is 18.6 Å². The number of methoxy groups -OCH3 is 2. The lowest BCUT2D eigenvalue weighted by Crippen LogP contribution is -2.25. The predicted octanol–water partition coefficient (Wildman–Crippen LogP) is 5.37. The molecule has 5 aromatic rings. The second-order valence-corrected chi connectivity index (χ2v) is 8.78. The highest BCUT2D eigenvalue weighted by atomic mass is 19.1. The van der Waals surface area contributed by atoms with Gasteiger partial charge in [0.25, 0.3) is 17.3 Å². The van der Waals surface area contributed by atoms with E-state index in [0.29, 0.717) is 22.3 Å². The van der Waals surface area contributed by atoms with Crippen molar-refractivity contribution in [3.8, 4) is 28.8 Å². The molecule has 0 atom stereocenters. The third-order valence-electron chi connectivity index (χ3n) is 6.42. The van der Waals surface area contributed by atoms with Gasteiger partial charge in [-0.2, -0.15) is 0 Å². The Balaban J connectivity index is 1.44. The van der Waals surface area contributed by atoms with Crippen molar-refractivity contribution >= 4 is 22.5 Å². The Bertz CT molecular complexity index is 1810. The second-order valence-electron chi connectivity index (χ2n) is 8.78. The molecule has 2 aromatic heterocycles.